The SMILES string of the molecule is CNCCCC1NC(CNC(=O)c2ccc3ccccc3c2)CCN(Cc2ccc(Cl)cc2)C1=O. The van der Waals surface area contributed by atoms with Gasteiger partial charge in [-0.1, -0.05) is 54.1 Å². The van der Waals surface area contributed by atoms with E-state index in [4.69, 9.17) is 11.6 Å². The van der Waals surface area contributed by atoms with Crippen molar-refractivity contribution >= 4 is 34.2 Å². The quantitative estimate of drug-likeness (QED) is 0.395. The van der Waals surface area contributed by atoms with Gasteiger partial charge >= 0.3 is 0 Å². The normalized spacial score (nSPS) is 18.5. The summed E-state index contributed by atoms with van der Waals surface area (Å²) in [5.41, 5.74) is 1.70. The molecule has 0 radical (unpaired) electrons. The number of halogens is 1. The first kappa shape index (κ1) is 25.2. The Hall–Kier alpha value is -2.93. The topological polar surface area (TPSA) is 73.5 Å². The van der Waals surface area contributed by atoms with Crippen LogP contribution in [0.2, 0.25) is 5.02 Å². The monoisotopic (exact) mass is 492 g/mol. The van der Waals surface area contributed by atoms with Crippen molar-refractivity contribution in [1.29, 1.82) is 0 Å². The van der Waals surface area contributed by atoms with Crippen molar-refractivity contribution in [2.24, 2.45) is 0 Å². The number of nitrogens with one attached hydrogen (secondary N) is 3. The van der Waals surface area contributed by atoms with Crippen molar-refractivity contribution in [2.75, 3.05) is 26.7 Å². The average Bonchev–Trinajstić information content (AvgIpc) is 3.02. The van der Waals surface area contributed by atoms with Crippen LogP contribution in [-0.2, 0) is 11.3 Å². The molecule has 0 aliphatic carbocycles. The Morgan fingerprint density at radius 3 is 2.63 bits per heavy atom. The maximum Gasteiger partial charge on any atom is 0.251 e. The van der Waals surface area contributed by atoms with Crippen molar-refractivity contribution in [2.45, 2.75) is 37.9 Å². The third-order valence-electron chi connectivity index (χ3n) is 6.52. The van der Waals surface area contributed by atoms with Crippen molar-refractivity contribution < 1.29 is 9.59 Å². The van der Waals surface area contributed by atoms with Crippen LogP contribution in [0.15, 0.2) is 66.7 Å². The highest BCUT2D eigenvalue weighted by molar-refractivity contribution is 6.30. The van der Waals surface area contributed by atoms with Crippen LogP contribution in [0.3, 0.4) is 0 Å². The Bertz CT molecular complexity index is 1150. The van der Waals surface area contributed by atoms with Crippen LogP contribution in [0, 0.1) is 0 Å². The molecule has 1 aliphatic rings. The highest BCUT2D eigenvalue weighted by atomic mass is 35.5. The maximum atomic E-state index is 13.4. The molecule has 3 N–H and O–H groups in total. The summed E-state index contributed by atoms with van der Waals surface area (Å²) in [4.78, 5) is 28.2. The predicted molar refractivity (Wildman–Crippen MR) is 142 cm³/mol. The summed E-state index contributed by atoms with van der Waals surface area (Å²) in [5, 5.41) is 12.6. The first-order valence-electron chi connectivity index (χ1n) is 12.2. The van der Waals surface area contributed by atoms with E-state index in [1.165, 1.54) is 0 Å². The molecule has 6 nitrogen and oxygen atoms in total. The van der Waals surface area contributed by atoms with Gasteiger partial charge in [0.15, 0.2) is 0 Å². The van der Waals surface area contributed by atoms with E-state index in [9.17, 15) is 9.59 Å². The van der Waals surface area contributed by atoms with E-state index in [0.29, 0.717) is 30.2 Å². The average molecular weight is 493 g/mol. The summed E-state index contributed by atoms with van der Waals surface area (Å²) < 4.78 is 0. The molecule has 2 amide bonds. The third kappa shape index (κ3) is 6.82. The first-order chi connectivity index (χ1) is 17.0. The maximum absolute atomic E-state index is 13.4. The number of nitrogens with zero attached hydrogens (tertiary/aromatic N) is 1. The van der Waals surface area contributed by atoms with Crippen LogP contribution in [0.25, 0.3) is 10.8 Å². The van der Waals surface area contributed by atoms with E-state index < -0.39 is 0 Å². The summed E-state index contributed by atoms with van der Waals surface area (Å²) in [6.45, 7) is 2.51. The fourth-order valence-electron chi connectivity index (χ4n) is 4.55. The zero-order valence-electron chi connectivity index (χ0n) is 20.1. The minimum absolute atomic E-state index is 0.0122. The number of hydrogen-bond acceptors (Lipinski definition) is 4. The number of benzene rings is 3. The van der Waals surface area contributed by atoms with Gasteiger partial charge in [0.2, 0.25) is 5.91 Å². The smallest absolute Gasteiger partial charge is 0.251 e. The van der Waals surface area contributed by atoms with Gasteiger partial charge in [0.05, 0.1) is 6.04 Å². The van der Waals surface area contributed by atoms with Gasteiger partial charge in [0.25, 0.3) is 5.91 Å². The molecule has 0 spiro atoms. The van der Waals surface area contributed by atoms with E-state index in [0.717, 1.165) is 42.1 Å². The molecule has 1 fully saturated rings. The van der Waals surface area contributed by atoms with Crippen molar-refractivity contribution in [3.05, 3.63) is 82.9 Å². The van der Waals surface area contributed by atoms with Crippen molar-refractivity contribution in [1.82, 2.24) is 20.9 Å². The number of hydrogen-bond donors (Lipinski definition) is 3. The lowest BCUT2D eigenvalue weighted by Crippen LogP contribution is -2.48. The summed E-state index contributed by atoms with van der Waals surface area (Å²) in [6, 6.07) is 21.1. The molecule has 2 atom stereocenters. The van der Waals surface area contributed by atoms with Gasteiger partial charge in [0, 0.05) is 36.3 Å². The molecule has 0 bridgehead atoms. The molecule has 1 heterocycles. The zero-order chi connectivity index (χ0) is 24.6. The molecule has 2 unspecified atom stereocenters. The van der Waals surface area contributed by atoms with Crippen molar-refractivity contribution in [3.63, 3.8) is 0 Å². The van der Waals surface area contributed by atoms with Crippen molar-refractivity contribution in [3.8, 4) is 0 Å². The second kappa shape index (κ2) is 12.2. The molecule has 184 valence electrons. The Labute approximate surface area is 212 Å². The molecule has 3 aromatic rings. The molecule has 0 saturated carbocycles. The fourth-order valence-corrected chi connectivity index (χ4v) is 4.67. The molecular weight excluding hydrogens is 460 g/mol. The number of carbonyl (C=O) groups is 2. The minimum atomic E-state index is -0.277. The number of carbonyl (C=O) groups excluding carboxylic acids is 2. The van der Waals surface area contributed by atoms with Gasteiger partial charge in [-0.25, -0.2) is 0 Å². The summed E-state index contributed by atoms with van der Waals surface area (Å²) in [5.74, 6) is 0.0114. The van der Waals surface area contributed by atoms with E-state index >= 15 is 0 Å². The second-order valence-corrected chi connectivity index (χ2v) is 9.55. The number of amides is 2. The standard InChI is InChI=1S/C28H33ClN4O2/c1-30-15-4-7-26-28(35)33(19-20-8-12-24(29)13-9-20)16-14-25(32-26)18-31-27(34)23-11-10-21-5-2-3-6-22(21)17-23/h2-3,5-6,8-13,17,25-26,30,32H,4,7,14-16,18-19H2,1H3,(H,31,34). The van der Waals surface area contributed by atoms with Gasteiger partial charge in [-0.15, -0.1) is 0 Å². The molecule has 1 saturated heterocycles. The van der Waals surface area contributed by atoms with Gasteiger partial charge in [-0.2, -0.15) is 0 Å². The van der Waals surface area contributed by atoms with Crippen LogP contribution >= 0.6 is 11.6 Å². The highest BCUT2D eigenvalue weighted by Crippen LogP contribution is 2.18. The molecule has 3 aromatic carbocycles. The van der Waals surface area contributed by atoms with Gasteiger partial charge < -0.3 is 20.9 Å². The lowest BCUT2D eigenvalue weighted by atomic mass is 10.1. The fraction of sp³-hybridized carbons (Fsp3) is 0.357. The summed E-state index contributed by atoms with van der Waals surface area (Å²) in [7, 11) is 1.92. The van der Waals surface area contributed by atoms with Crippen LogP contribution in [0.1, 0.15) is 35.2 Å². The lowest BCUT2D eigenvalue weighted by molar-refractivity contribution is -0.133. The highest BCUT2D eigenvalue weighted by Gasteiger charge is 2.30. The summed E-state index contributed by atoms with van der Waals surface area (Å²) >= 11 is 6.02. The van der Waals surface area contributed by atoms with Gasteiger partial charge in [-0.05, 0) is 73.5 Å². The minimum Gasteiger partial charge on any atom is -0.350 e. The number of rotatable bonds is 9. The van der Waals surface area contributed by atoms with E-state index in [1.54, 1.807) is 0 Å². The Balaban J connectivity index is 1.41. The summed E-state index contributed by atoms with van der Waals surface area (Å²) in [6.07, 6.45) is 2.40. The second-order valence-electron chi connectivity index (χ2n) is 9.11. The zero-order valence-corrected chi connectivity index (χ0v) is 20.9. The first-order valence-corrected chi connectivity index (χ1v) is 12.6. The third-order valence-corrected chi connectivity index (χ3v) is 6.77. The molecule has 1 aliphatic heterocycles. The molecular formula is C28H33ClN4O2. The Morgan fingerprint density at radius 1 is 1.09 bits per heavy atom. The van der Waals surface area contributed by atoms with Gasteiger partial charge in [0.1, 0.15) is 0 Å². The molecule has 35 heavy (non-hydrogen) atoms. The predicted octanol–water partition coefficient (Wildman–Crippen LogP) is 3.98. The van der Waals surface area contributed by atoms with Crippen LogP contribution in [0.4, 0.5) is 0 Å². The molecule has 7 heteroatoms. The van der Waals surface area contributed by atoms with Gasteiger partial charge in [-0.3, -0.25) is 9.59 Å². The largest absolute Gasteiger partial charge is 0.350 e. The van der Waals surface area contributed by atoms with Crippen LogP contribution in [0.5, 0.6) is 0 Å². The van der Waals surface area contributed by atoms with E-state index in [2.05, 4.69) is 16.0 Å². The Kier molecular flexibility index (Phi) is 8.74. The Morgan fingerprint density at radius 2 is 1.86 bits per heavy atom. The number of fused-ring (bicyclic) bond motifs is 1. The lowest BCUT2D eigenvalue weighted by Gasteiger charge is -2.25. The molecule has 4 rings (SSSR count). The van der Waals surface area contributed by atoms with Crippen LogP contribution in [-0.4, -0.2) is 55.5 Å². The van der Waals surface area contributed by atoms with E-state index in [1.807, 2.05) is 78.7 Å². The molecule has 0 aromatic heterocycles. The van der Waals surface area contributed by atoms with Crippen LogP contribution < -0.4 is 16.0 Å². The van der Waals surface area contributed by atoms with E-state index in [-0.39, 0.29) is 23.9 Å².